The van der Waals surface area contributed by atoms with Gasteiger partial charge in [-0.1, -0.05) is 6.07 Å². The number of aromatic nitrogens is 1. The van der Waals surface area contributed by atoms with Crippen molar-refractivity contribution in [2.24, 2.45) is 0 Å². The predicted molar refractivity (Wildman–Crippen MR) is 74.1 cm³/mol. The summed E-state index contributed by atoms with van der Waals surface area (Å²) in [5, 5.41) is 0. The van der Waals surface area contributed by atoms with Crippen molar-refractivity contribution in [2.45, 2.75) is 27.7 Å². The smallest absolute Gasteiger partial charge is 0.242 e. The van der Waals surface area contributed by atoms with Crippen LogP contribution in [0.15, 0.2) is 24.4 Å². The topological polar surface area (TPSA) is 48.1 Å². The molecule has 0 unspecified atom stereocenters. The molecule has 2 rings (SSSR count). The second-order valence-corrected chi connectivity index (χ2v) is 4.71. The highest BCUT2D eigenvalue weighted by atomic mass is 16.5. The summed E-state index contributed by atoms with van der Waals surface area (Å²) in [5.74, 6) is 1.28. The van der Waals surface area contributed by atoms with Crippen LogP contribution in [0.1, 0.15) is 22.3 Å². The minimum atomic E-state index is 0.466. The lowest BCUT2D eigenvalue weighted by Crippen LogP contribution is -1.98. The van der Waals surface area contributed by atoms with Gasteiger partial charge >= 0.3 is 0 Å². The number of nitrogen functional groups attached to an aromatic ring is 1. The molecule has 0 saturated heterocycles. The molecule has 2 aromatic rings. The van der Waals surface area contributed by atoms with E-state index in [1.807, 2.05) is 32.9 Å². The van der Waals surface area contributed by atoms with Crippen LogP contribution in [-0.2, 0) is 0 Å². The number of pyridine rings is 1. The molecule has 0 aliphatic carbocycles. The van der Waals surface area contributed by atoms with Crippen LogP contribution in [0.3, 0.4) is 0 Å². The zero-order chi connectivity index (χ0) is 13.3. The molecule has 94 valence electrons. The Labute approximate surface area is 108 Å². The van der Waals surface area contributed by atoms with Crippen LogP contribution in [0.4, 0.5) is 5.69 Å². The van der Waals surface area contributed by atoms with Crippen molar-refractivity contribution < 1.29 is 4.74 Å². The highest BCUT2D eigenvalue weighted by Gasteiger charge is 2.08. The Morgan fingerprint density at radius 2 is 1.72 bits per heavy atom. The third-order valence-corrected chi connectivity index (χ3v) is 2.99. The van der Waals surface area contributed by atoms with Crippen LogP contribution < -0.4 is 10.5 Å². The molecule has 3 nitrogen and oxygen atoms in total. The molecule has 1 heterocycles. The van der Waals surface area contributed by atoms with E-state index in [2.05, 4.69) is 18.0 Å². The first-order valence-electron chi connectivity index (χ1n) is 5.95. The number of nitrogens with two attached hydrogens (primary N) is 1. The Balaban J connectivity index is 2.40. The molecule has 0 bridgehead atoms. The number of anilines is 1. The molecule has 0 spiro atoms. The summed E-state index contributed by atoms with van der Waals surface area (Å²) in [6, 6.07) is 6.00. The average Bonchev–Trinajstić information content (AvgIpc) is 2.29. The molecule has 0 fully saturated rings. The molecule has 18 heavy (non-hydrogen) atoms. The molecule has 1 aromatic heterocycles. The van der Waals surface area contributed by atoms with Crippen LogP contribution in [0.5, 0.6) is 11.6 Å². The van der Waals surface area contributed by atoms with E-state index in [9.17, 15) is 0 Å². The van der Waals surface area contributed by atoms with E-state index in [0.29, 0.717) is 11.6 Å². The van der Waals surface area contributed by atoms with Gasteiger partial charge in [0, 0.05) is 6.20 Å². The molecule has 0 amide bonds. The Morgan fingerprint density at radius 3 is 2.39 bits per heavy atom. The minimum Gasteiger partial charge on any atom is -0.437 e. The summed E-state index contributed by atoms with van der Waals surface area (Å²) < 4.78 is 5.82. The van der Waals surface area contributed by atoms with Gasteiger partial charge in [0.15, 0.2) is 0 Å². The zero-order valence-electron chi connectivity index (χ0n) is 11.2. The van der Waals surface area contributed by atoms with E-state index in [4.69, 9.17) is 10.5 Å². The van der Waals surface area contributed by atoms with Gasteiger partial charge in [-0.2, -0.15) is 0 Å². The Bertz CT molecular complexity index is 591. The predicted octanol–water partition coefficient (Wildman–Crippen LogP) is 3.69. The fourth-order valence-electron chi connectivity index (χ4n) is 1.88. The van der Waals surface area contributed by atoms with Crippen molar-refractivity contribution in [3.63, 3.8) is 0 Å². The highest BCUT2D eigenvalue weighted by molar-refractivity contribution is 5.52. The largest absolute Gasteiger partial charge is 0.437 e. The van der Waals surface area contributed by atoms with Gasteiger partial charge in [-0.25, -0.2) is 4.98 Å². The van der Waals surface area contributed by atoms with Gasteiger partial charge in [0.1, 0.15) is 5.75 Å². The fraction of sp³-hybridized carbons (Fsp3) is 0.267. The maximum atomic E-state index is 5.91. The van der Waals surface area contributed by atoms with Crippen LogP contribution in [0.2, 0.25) is 0 Å². The summed E-state index contributed by atoms with van der Waals surface area (Å²) in [6.45, 7) is 8.11. The van der Waals surface area contributed by atoms with Gasteiger partial charge in [0.25, 0.3) is 0 Å². The summed E-state index contributed by atoms with van der Waals surface area (Å²) in [4.78, 5) is 4.23. The molecular weight excluding hydrogens is 224 g/mol. The number of aryl methyl sites for hydroxylation is 3. The normalized spacial score (nSPS) is 10.4. The van der Waals surface area contributed by atoms with Crippen molar-refractivity contribution in [3.8, 4) is 11.6 Å². The van der Waals surface area contributed by atoms with E-state index >= 15 is 0 Å². The monoisotopic (exact) mass is 242 g/mol. The molecule has 0 saturated carbocycles. The van der Waals surface area contributed by atoms with E-state index in [0.717, 1.165) is 16.9 Å². The Morgan fingerprint density at radius 1 is 1.00 bits per heavy atom. The van der Waals surface area contributed by atoms with Crippen LogP contribution >= 0.6 is 0 Å². The van der Waals surface area contributed by atoms with Crippen molar-refractivity contribution in [2.75, 3.05) is 5.73 Å². The minimum absolute atomic E-state index is 0.466. The van der Waals surface area contributed by atoms with Gasteiger partial charge in [-0.05, 0) is 62.1 Å². The number of hydrogen-bond donors (Lipinski definition) is 1. The first kappa shape index (κ1) is 12.4. The van der Waals surface area contributed by atoms with E-state index in [1.165, 1.54) is 11.1 Å². The summed E-state index contributed by atoms with van der Waals surface area (Å²) >= 11 is 0. The SMILES string of the molecule is Cc1cnc(Oc2cc(C)cc(C)c2C)c(N)c1. The van der Waals surface area contributed by atoms with Crippen LogP contribution in [-0.4, -0.2) is 4.98 Å². The molecule has 0 aliphatic rings. The number of hydrogen-bond acceptors (Lipinski definition) is 3. The lowest BCUT2D eigenvalue weighted by Gasteiger charge is -2.12. The molecule has 0 atom stereocenters. The van der Waals surface area contributed by atoms with Crippen molar-refractivity contribution in [1.29, 1.82) is 0 Å². The quantitative estimate of drug-likeness (QED) is 0.873. The lowest BCUT2D eigenvalue weighted by molar-refractivity contribution is 0.461. The molecule has 0 radical (unpaired) electrons. The van der Waals surface area contributed by atoms with E-state index < -0.39 is 0 Å². The first-order valence-corrected chi connectivity index (χ1v) is 5.95. The molecule has 3 heteroatoms. The van der Waals surface area contributed by atoms with Gasteiger partial charge in [0.2, 0.25) is 5.88 Å². The maximum absolute atomic E-state index is 5.91. The number of benzene rings is 1. The molecule has 2 N–H and O–H groups in total. The van der Waals surface area contributed by atoms with Gasteiger partial charge in [-0.3, -0.25) is 0 Å². The third-order valence-electron chi connectivity index (χ3n) is 2.99. The highest BCUT2D eigenvalue weighted by Crippen LogP contribution is 2.30. The molecule has 0 aliphatic heterocycles. The number of nitrogens with zero attached hydrogens (tertiary/aromatic N) is 1. The lowest BCUT2D eigenvalue weighted by atomic mass is 10.1. The van der Waals surface area contributed by atoms with Gasteiger partial charge in [0.05, 0.1) is 5.69 Å². The number of rotatable bonds is 2. The average molecular weight is 242 g/mol. The maximum Gasteiger partial charge on any atom is 0.242 e. The molecular formula is C15H18N2O. The Kier molecular flexibility index (Phi) is 3.24. The second kappa shape index (κ2) is 4.69. The van der Waals surface area contributed by atoms with Crippen molar-refractivity contribution >= 4 is 5.69 Å². The zero-order valence-corrected chi connectivity index (χ0v) is 11.2. The summed E-state index contributed by atoms with van der Waals surface area (Å²) in [5.41, 5.74) is 11.0. The van der Waals surface area contributed by atoms with Crippen molar-refractivity contribution in [3.05, 3.63) is 46.6 Å². The van der Waals surface area contributed by atoms with Crippen LogP contribution in [0.25, 0.3) is 0 Å². The van der Waals surface area contributed by atoms with E-state index in [1.54, 1.807) is 6.20 Å². The molecule has 1 aromatic carbocycles. The Hall–Kier alpha value is -2.03. The summed E-state index contributed by atoms with van der Waals surface area (Å²) in [6.07, 6.45) is 1.75. The van der Waals surface area contributed by atoms with Gasteiger partial charge in [-0.15, -0.1) is 0 Å². The van der Waals surface area contributed by atoms with E-state index in [-0.39, 0.29) is 0 Å². The summed E-state index contributed by atoms with van der Waals surface area (Å²) in [7, 11) is 0. The second-order valence-electron chi connectivity index (χ2n) is 4.71. The van der Waals surface area contributed by atoms with Gasteiger partial charge < -0.3 is 10.5 Å². The van der Waals surface area contributed by atoms with Crippen molar-refractivity contribution in [1.82, 2.24) is 4.98 Å². The number of ether oxygens (including phenoxy) is 1. The van der Waals surface area contributed by atoms with Crippen LogP contribution in [0, 0.1) is 27.7 Å². The third kappa shape index (κ3) is 2.45. The first-order chi connectivity index (χ1) is 8.47. The standard InChI is InChI=1S/C15H18N2O/c1-9-5-11(3)12(4)14(7-9)18-15-13(16)6-10(2)8-17-15/h5-8H,16H2,1-4H3. The fourth-order valence-corrected chi connectivity index (χ4v) is 1.88.